The zero-order valence-electron chi connectivity index (χ0n) is 11.1. The number of rotatable bonds is 3. The summed E-state index contributed by atoms with van der Waals surface area (Å²) in [5, 5.41) is 16.8. The first-order valence-corrected chi connectivity index (χ1v) is 5.90. The molecule has 0 radical (unpaired) electrons. The van der Waals surface area contributed by atoms with Gasteiger partial charge in [-0.2, -0.15) is 0 Å². The first kappa shape index (κ1) is 13.0. The Balaban J connectivity index is 2.64. The number of aromatic nitrogens is 3. The number of carbonyl (C=O) groups is 1. The first-order chi connectivity index (χ1) is 8.99. The summed E-state index contributed by atoms with van der Waals surface area (Å²) in [5.41, 5.74) is 3.31. The lowest BCUT2D eigenvalue weighted by molar-refractivity contribution is 0.0690. The summed E-state index contributed by atoms with van der Waals surface area (Å²) in [5.74, 6) is -1.08. The van der Waals surface area contributed by atoms with Gasteiger partial charge < -0.3 is 5.11 Å². The van der Waals surface area contributed by atoms with Gasteiger partial charge in [-0.3, -0.25) is 0 Å². The maximum atomic E-state index is 11.2. The van der Waals surface area contributed by atoms with Crippen LogP contribution < -0.4 is 0 Å². The van der Waals surface area contributed by atoms with Gasteiger partial charge in [0.15, 0.2) is 5.69 Å². The Bertz CT molecular complexity index is 652. The minimum absolute atomic E-state index is 0.0392. The van der Waals surface area contributed by atoms with Crippen molar-refractivity contribution in [2.24, 2.45) is 0 Å². The molecule has 2 rings (SSSR count). The minimum atomic E-state index is -1.08. The average Bonchev–Trinajstić information content (AvgIpc) is 2.71. The van der Waals surface area contributed by atoms with Crippen LogP contribution in [0.1, 0.15) is 35.6 Å². The van der Waals surface area contributed by atoms with Gasteiger partial charge in [-0.25, -0.2) is 9.48 Å². The summed E-state index contributed by atoms with van der Waals surface area (Å²) in [6.07, 6.45) is 1.77. The Kier molecular flexibility index (Phi) is 3.46. The summed E-state index contributed by atoms with van der Waals surface area (Å²) in [6.45, 7) is 5.78. The van der Waals surface area contributed by atoms with E-state index in [-0.39, 0.29) is 5.69 Å². The smallest absolute Gasteiger partial charge is 0.358 e. The molecule has 0 aliphatic carbocycles. The van der Waals surface area contributed by atoms with Crippen LogP contribution in [-0.2, 0) is 0 Å². The molecule has 0 saturated carbocycles. The van der Waals surface area contributed by atoms with Crippen LogP contribution in [0.2, 0.25) is 0 Å². The molecule has 0 unspecified atom stereocenters. The van der Waals surface area contributed by atoms with Gasteiger partial charge in [-0.05, 0) is 44.5 Å². The summed E-state index contributed by atoms with van der Waals surface area (Å²) in [4.78, 5) is 11.2. The number of benzene rings is 1. The lowest BCUT2D eigenvalue weighted by atomic mass is 10.2. The van der Waals surface area contributed by atoms with E-state index in [1.54, 1.807) is 10.8 Å². The standard InChI is InChI=1S/C14H15N3O2/c1-9(2)7-12-13(14(18)19)15-16-17(12)11-6-4-5-10(3)8-11/h4-8H,1-3H3,(H,18,19). The van der Waals surface area contributed by atoms with Gasteiger partial charge in [0.25, 0.3) is 0 Å². The quantitative estimate of drug-likeness (QED) is 0.917. The number of nitrogens with zero attached hydrogens (tertiary/aromatic N) is 3. The van der Waals surface area contributed by atoms with Gasteiger partial charge in [0.2, 0.25) is 0 Å². The fourth-order valence-electron chi connectivity index (χ4n) is 1.79. The molecule has 1 aromatic heterocycles. The second-order valence-electron chi connectivity index (χ2n) is 4.60. The lowest BCUT2D eigenvalue weighted by Crippen LogP contribution is -2.03. The highest BCUT2D eigenvalue weighted by molar-refractivity contribution is 5.89. The Hall–Kier alpha value is -2.43. The van der Waals surface area contributed by atoms with E-state index in [2.05, 4.69) is 10.3 Å². The van der Waals surface area contributed by atoms with E-state index < -0.39 is 5.97 Å². The molecule has 0 atom stereocenters. The van der Waals surface area contributed by atoms with Gasteiger partial charge in [-0.15, -0.1) is 5.10 Å². The number of aryl methyl sites for hydroxylation is 1. The second kappa shape index (κ2) is 5.06. The number of hydrogen-bond acceptors (Lipinski definition) is 3. The van der Waals surface area contributed by atoms with Crippen LogP contribution >= 0.6 is 0 Å². The number of hydrogen-bond donors (Lipinski definition) is 1. The van der Waals surface area contributed by atoms with Crippen molar-refractivity contribution in [1.82, 2.24) is 15.0 Å². The van der Waals surface area contributed by atoms with Crippen LogP contribution in [0, 0.1) is 6.92 Å². The van der Waals surface area contributed by atoms with Crippen molar-refractivity contribution in [2.45, 2.75) is 20.8 Å². The van der Waals surface area contributed by atoms with E-state index in [4.69, 9.17) is 5.11 Å². The van der Waals surface area contributed by atoms with Crippen LogP contribution in [-0.4, -0.2) is 26.1 Å². The molecule has 0 bridgehead atoms. The predicted molar refractivity (Wildman–Crippen MR) is 72.4 cm³/mol. The van der Waals surface area contributed by atoms with Crippen molar-refractivity contribution in [1.29, 1.82) is 0 Å². The molecule has 5 heteroatoms. The SMILES string of the molecule is CC(C)=Cc1c(C(=O)O)nnn1-c1cccc(C)c1. The largest absolute Gasteiger partial charge is 0.476 e. The average molecular weight is 257 g/mol. The Morgan fingerprint density at radius 1 is 1.37 bits per heavy atom. The van der Waals surface area contributed by atoms with E-state index >= 15 is 0 Å². The molecule has 0 spiro atoms. The lowest BCUT2D eigenvalue weighted by Gasteiger charge is -2.05. The third-order valence-corrected chi connectivity index (χ3v) is 2.58. The molecule has 0 amide bonds. The van der Waals surface area contributed by atoms with E-state index in [0.717, 1.165) is 16.8 Å². The van der Waals surface area contributed by atoms with Gasteiger partial charge in [0.1, 0.15) is 5.69 Å². The fourth-order valence-corrected chi connectivity index (χ4v) is 1.79. The van der Waals surface area contributed by atoms with Gasteiger partial charge >= 0.3 is 5.97 Å². The predicted octanol–water partition coefficient (Wildman–Crippen LogP) is 2.70. The van der Waals surface area contributed by atoms with Crippen molar-refractivity contribution in [2.75, 3.05) is 0 Å². The maximum Gasteiger partial charge on any atom is 0.358 e. The monoisotopic (exact) mass is 257 g/mol. The molecule has 98 valence electrons. The molecule has 1 heterocycles. The van der Waals surface area contributed by atoms with Gasteiger partial charge in [-0.1, -0.05) is 22.9 Å². The van der Waals surface area contributed by atoms with Crippen molar-refractivity contribution in [3.05, 3.63) is 46.8 Å². The van der Waals surface area contributed by atoms with E-state index in [9.17, 15) is 4.79 Å². The van der Waals surface area contributed by atoms with E-state index in [1.807, 2.05) is 45.0 Å². The van der Waals surface area contributed by atoms with Crippen LogP contribution in [0.5, 0.6) is 0 Å². The number of allylic oxidation sites excluding steroid dienone is 1. The zero-order chi connectivity index (χ0) is 14.0. The van der Waals surface area contributed by atoms with Crippen LogP contribution in [0.25, 0.3) is 11.8 Å². The maximum absolute atomic E-state index is 11.2. The normalized spacial score (nSPS) is 10.3. The molecule has 19 heavy (non-hydrogen) atoms. The van der Waals surface area contributed by atoms with E-state index in [0.29, 0.717) is 5.69 Å². The van der Waals surface area contributed by atoms with Gasteiger partial charge in [0.05, 0.1) is 5.69 Å². The molecule has 0 saturated heterocycles. The molecule has 0 fully saturated rings. The molecule has 0 aliphatic rings. The highest BCUT2D eigenvalue weighted by Gasteiger charge is 2.18. The van der Waals surface area contributed by atoms with Crippen molar-refractivity contribution >= 4 is 12.0 Å². The third-order valence-electron chi connectivity index (χ3n) is 2.58. The number of carboxylic acid groups (broad SMARTS) is 1. The van der Waals surface area contributed by atoms with E-state index in [1.165, 1.54) is 0 Å². The van der Waals surface area contributed by atoms with Crippen molar-refractivity contribution in [3.63, 3.8) is 0 Å². The molecule has 1 N–H and O–H groups in total. The Morgan fingerprint density at radius 2 is 2.11 bits per heavy atom. The fraction of sp³-hybridized carbons (Fsp3) is 0.214. The summed E-state index contributed by atoms with van der Waals surface area (Å²) < 4.78 is 1.55. The van der Waals surface area contributed by atoms with Crippen LogP contribution in [0.4, 0.5) is 0 Å². The topological polar surface area (TPSA) is 68.0 Å². The van der Waals surface area contributed by atoms with Crippen LogP contribution in [0.15, 0.2) is 29.8 Å². The molecule has 5 nitrogen and oxygen atoms in total. The number of carboxylic acids is 1. The summed E-state index contributed by atoms with van der Waals surface area (Å²) >= 11 is 0. The molecule has 2 aromatic rings. The Morgan fingerprint density at radius 3 is 2.68 bits per heavy atom. The number of aromatic carboxylic acids is 1. The highest BCUT2D eigenvalue weighted by Crippen LogP contribution is 2.17. The molecular formula is C14H15N3O2. The molecule has 0 aliphatic heterocycles. The summed E-state index contributed by atoms with van der Waals surface area (Å²) in [6, 6.07) is 7.68. The van der Waals surface area contributed by atoms with Crippen molar-refractivity contribution in [3.8, 4) is 5.69 Å². The first-order valence-electron chi connectivity index (χ1n) is 5.90. The van der Waals surface area contributed by atoms with Crippen molar-refractivity contribution < 1.29 is 9.90 Å². The van der Waals surface area contributed by atoms with Gasteiger partial charge in [0, 0.05) is 0 Å². The molecule has 1 aromatic carbocycles. The molecular weight excluding hydrogens is 242 g/mol. The third kappa shape index (κ3) is 2.70. The van der Waals surface area contributed by atoms with Crippen LogP contribution in [0.3, 0.4) is 0 Å². The Labute approximate surface area is 111 Å². The summed E-state index contributed by atoms with van der Waals surface area (Å²) in [7, 11) is 0. The zero-order valence-corrected chi connectivity index (χ0v) is 11.1. The second-order valence-corrected chi connectivity index (χ2v) is 4.60. The highest BCUT2D eigenvalue weighted by atomic mass is 16.4. The minimum Gasteiger partial charge on any atom is -0.476 e.